The van der Waals surface area contributed by atoms with Crippen LogP contribution in [0.4, 0.5) is 0 Å². The molecule has 1 aliphatic rings. The number of rotatable bonds is 5. The van der Waals surface area contributed by atoms with Gasteiger partial charge in [0, 0.05) is 11.5 Å². The highest BCUT2D eigenvalue weighted by molar-refractivity contribution is 7.98. The molecule has 2 aromatic heterocycles. The van der Waals surface area contributed by atoms with Crippen LogP contribution in [-0.4, -0.2) is 24.9 Å². The van der Waals surface area contributed by atoms with Crippen molar-refractivity contribution in [3.05, 3.63) is 23.7 Å². The maximum Gasteiger partial charge on any atom is 0.204 e. The minimum atomic E-state index is -0.0722. The van der Waals surface area contributed by atoms with E-state index < -0.39 is 0 Å². The number of hydrogen-bond acceptors (Lipinski definition) is 6. The monoisotopic (exact) mass is 308 g/mol. The molecule has 0 aliphatic heterocycles. The third kappa shape index (κ3) is 3.13. The van der Waals surface area contributed by atoms with Gasteiger partial charge in [0.2, 0.25) is 5.89 Å². The topological polar surface area (TPSA) is 77.0 Å². The molecule has 1 aliphatic carbocycles. The molecule has 2 heterocycles. The molecule has 7 heteroatoms. The van der Waals surface area contributed by atoms with Crippen LogP contribution in [0.3, 0.4) is 0 Å². The van der Waals surface area contributed by atoms with Crippen LogP contribution in [0.25, 0.3) is 0 Å². The lowest BCUT2D eigenvalue weighted by Crippen LogP contribution is -2.09. The normalized spacial score (nSPS) is 15.6. The van der Waals surface area contributed by atoms with Crippen molar-refractivity contribution in [2.75, 3.05) is 0 Å². The van der Waals surface area contributed by atoms with Gasteiger partial charge in [0.25, 0.3) is 0 Å². The molecular formula is C14H20N4O2S. The van der Waals surface area contributed by atoms with E-state index in [1.807, 2.05) is 4.57 Å². The lowest BCUT2D eigenvalue weighted by molar-refractivity contribution is 0.263. The zero-order valence-electron chi connectivity index (χ0n) is 12.5. The fourth-order valence-corrected chi connectivity index (χ4v) is 2.94. The highest BCUT2D eigenvalue weighted by Crippen LogP contribution is 2.39. The maximum absolute atomic E-state index is 9.32. The van der Waals surface area contributed by atoms with Crippen LogP contribution in [-0.2, 0) is 17.8 Å². The van der Waals surface area contributed by atoms with Gasteiger partial charge in [-0.2, -0.15) is 0 Å². The zero-order valence-corrected chi connectivity index (χ0v) is 13.4. The average molecular weight is 308 g/mol. The van der Waals surface area contributed by atoms with E-state index in [9.17, 15) is 5.11 Å². The highest BCUT2D eigenvalue weighted by atomic mass is 32.2. The third-order valence-corrected chi connectivity index (χ3v) is 4.33. The maximum atomic E-state index is 9.32. The summed E-state index contributed by atoms with van der Waals surface area (Å²) in [4.78, 5) is 4.32. The van der Waals surface area contributed by atoms with Gasteiger partial charge in [0.05, 0.1) is 11.9 Å². The van der Waals surface area contributed by atoms with Crippen LogP contribution in [0.2, 0.25) is 0 Å². The zero-order chi connectivity index (χ0) is 15.0. The summed E-state index contributed by atoms with van der Waals surface area (Å²) < 4.78 is 7.82. The predicted octanol–water partition coefficient (Wildman–Crippen LogP) is 2.68. The molecule has 0 bridgehead atoms. The molecule has 0 spiro atoms. The van der Waals surface area contributed by atoms with Crippen molar-refractivity contribution >= 4 is 11.8 Å². The number of nitrogens with zero attached hydrogens (tertiary/aromatic N) is 4. The smallest absolute Gasteiger partial charge is 0.204 e. The lowest BCUT2D eigenvalue weighted by atomic mass is 9.94. The van der Waals surface area contributed by atoms with E-state index in [1.54, 1.807) is 18.0 Å². The fraction of sp³-hybridized carbons (Fsp3) is 0.643. The van der Waals surface area contributed by atoms with Gasteiger partial charge in [-0.05, 0) is 12.8 Å². The number of aromatic nitrogens is 4. The number of aliphatic hydroxyl groups is 1. The first-order valence-corrected chi connectivity index (χ1v) is 8.10. The Bertz CT molecular complexity index is 625. The molecule has 1 saturated carbocycles. The van der Waals surface area contributed by atoms with Gasteiger partial charge in [-0.3, -0.25) is 0 Å². The van der Waals surface area contributed by atoms with E-state index in [-0.39, 0.29) is 12.0 Å². The van der Waals surface area contributed by atoms with Gasteiger partial charge in [0.15, 0.2) is 11.0 Å². The van der Waals surface area contributed by atoms with Gasteiger partial charge in [-0.1, -0.05) is 32.5 Å². The first-order chi connectivity index (χ1) is 9.99. The number of oxazole rings is 1. The van der Waals surface area contributed by atoms with Crippen LogP contribution in [0.1, 0.15) is 57.1 Å². The molecule has 1 fully saturated rings. The summed E-state index contributed by atoms with van der Waals surface area (Å²) in [5, 5.41) is 18.4. The molecule has 1 N–H and O–H groups in total. The second-order valence-electron chi connectivity index (χ2n) is 6.32. The first kappa shape index (κ1) is 14.6. The van der Waals surface area contributed by atoms with E-state index >= 15 is 0 Å². The number of hydrogen-bond donors (Lipinski definition) is 1. The Hall–Kier alpha value is -1.34. The summed E-state index contributed by atoms with van der Waals surface area (Å²) >= 11 is 1.55. The Morgan fingerprint density at radius 3 is 2.71 bits per heavy atom. The third-order valence-electron chi connectivity index (χ3n) is 3.41. The molecule has 0 amide bonds. The molecule has 0 saturated heterocycles. The quantitative estimate of drug-likeness (QED) is 0.856. The Morgan fingerprint density at radius 1 is 1.38 bits per heavy atom. The van der Waals surface area contributed by atoms with Crippen LogP contribution in [0.5, 0.6) is 0 Å². The summed E-state index contributed by atoms with van der Waals surface area (Å²) in [7, 11) is 0. The Balaban J connectivity index is 1.70. The fourth-order valence-electron chi connectivity index (χ4n) is 2.06. The van der Waals surface area contributed by atoms with Crippen LogP contribution < -0.4 is 0 Å². The van der Waals surface area contributed by atoms with Gasteiger partial charge in [0.1, 0.15) is 12.4 Å². The predicted molar refractivity (Wildman–Crippen MR) is 79.0 cm³/mol. The molecule has 2 aromatic rings. The van der Waals surface area contributed by atoms with Crippen molar-refractivity contribution in [1.82, 2.24) is 19.7 Å². The van der Waals surface area contributed by atoms with Crippen molar-refractivity contribution in [3.63, 3.8) is 0 Å². The number of thioether (sulfide) groups is 1. The Morgan fingerprint density at radius 2 is 2.14 bits per heavy atom. The van der Waals surface area contributed by atoms with Crippen molar-refractivity contribution in [3.8, 4) is 0 Å². The van der Waals surface area contributed by atoms with E-state index in [4.69, 9.17) is 4.42 Å². The van der Waals surface area contributed by atoms with Crippen molar-refractivity contribution in [2.45, 2.75) is 62.6 Å². The second-order valence-corrected chi connectivity index (χ2v) is 7.26. The summed E-state index contributed by atoms with van der Waals surface area (Å²) in [6.45, 7) is 6.22. The molecule has 6 nitrogen and oxygen atoms in total. The van der Waals surface area contributed by atoms with E-state index in [0.717, 1.165) is 23.8 Å². The lowest BCUT2D eigenvalue weighted by Gasteiger charge is -2.13. The standard InChI is InChI=1S/C14H20N4O2S/c1-14(2,3)10-6-15-12(20-10)8-21-13-17-16-11(7-19)18(13)9-4-5-9/h6,9,19H,4-5,7-8H2,1-3H3. The summed E-state index contributed by atoms with van der Waals surface area (Å²) in [6.07, 6.45) is 4.05. The van der Waals surface area contributed by atoms with Gasteiger partial charge in [-0.25, -0.2) is 4.98 Å². The van der Waals surface area contributed by atoms with Gasteiger partial charge in [-0.15, -0.1) is 10.2 Å². The number of aliphatic hydroxyl groups excluding tert-OH is 1. The Labute approximate surface area is 128 Å². The molecule has 21 heavy (non-hydrogen) atoms. The van der Waals surface area contributed by atoms with Crippen molar-refractivity contribution < 1.29 is 9.52 Å². The van der Waals surface area contributed by atoms with Crippen molar-refractivity contribution in [1.29, 1.82) is 0 Å². The van der Waals surface area contributed by atoms with Gasteiger partial charge < -0.3 is 14.1 Å². The molecular weight excluding hydrogens is 288 g/mol. The van der Waals surface area contributed by atoms with Crippen molar-refractivity contribution in [2.24, 2.45) is 0 Å². The largest absolute Gasteiger partial charge is 0.444 e. The summed E-state index contributed by atoms with van der Waals surface area (Å²) in [5.74, 6) is 2.84. The minimum Gasteiger partial charge on any atom is -0.444 e. The highest BCUT2D eigenvalue weighted by Gasteiger charge is 2.29. The summed E-state index contributed by atoms with van der Waals surface area (Å²) in [5.41, 5.74) is -0.0337. The first-order valence-electron chi connectivity index (χ1n) is 7.11. The van der Waals surface area contributed by atoms with Gasteiger partial charge >= 0.3 is 0 Å². The van der Waals surface area contributed by atoms with Crippen LogP contribution in [0.15, 0.2) is 15.8 Å². The molecule has 0 unspecified atom stereocenters. The average Bonchev–Trinajstić information content (AvgIpc) is 3.01. The molecule has 0 radical (unpaired) electrons. The molecule has 114 valence electrons. The SMILES string of the molecule is CC(C)(C)c1cnc(CSc2nnc(CO)n2C2CC2)o1. The second kappa shape index (κ2) is 5.46. The van der Waals surface area contributed by atoms with E-state index in [2.05, 4.69) is 36.0 Å². The molecule has 0 aromatic carbocycles. The minimum absolute atomic E-state index is 0.0337. The summed E-state index contributed by atoms with van der Waals surface area (Å²) in [6, 6.07) is 0.444. The molecule has 0 atom stereocenters. The van der Waals surface area contributed by atoms with E-state index in [1.165, 1.54) is 0 Å². The van der Waals surface area contributed by atoms with Crippen LogP contribution in [0, 0.1) is 0 Å². The molecule has 3 rings (SSSR count). The van der Waals surface area contributed by atoms with Crippen LogP contribution >= 0.6 is 11.8 Å². The van der Waals surface area contributed by atoms with E-state index in [0.29, 0.717) is 23.5 Å². The Kier molecular flexibility index (Phi) is 3.79.